The zero-order chi connectivity index (χ0) is 17.3. The van der Waals surface area contributed by atoms with E-state index in [2.05, 4.69) is 10.6 Å². The molecule has 1 aliphatic rings. The lowest BCUT2D eigenvalue weighted by atomic mass is 10.2. The number of rotatable bonds is 4. The minimum atomic E-state index is -0.545. The molecule has 2 N–H and O–H groups in total. The standard InChI is InChI=1S/C18H16ClFN2O2/c1-10-3-2-4-11(7-10)21-17(23)13-9-14(13)18(24)22-12-5-6-16(20)15(19)8-12/h2-8,13-14H,9H2,1H3,(H,21,23)(H,22,24). The minimum Gasteiger partial charge on any atom is -0.326 e. The van der Waals surface area contributed by atoms with Crippen LogP contribution in [0.1, 0.15) is 12.0 Å². The summed E-state index contributed by atoms with van der Waals surface area (Å²) in [6, 6.07) is 11.4. The Morgan fingerprint density at radius 1 is 1.04 bits per heavy atom. The van der Waals surface area contributed by atoms with Crippen LogP contribution in [0, 0.1) is 24.6 Å². The molecule has 124 valence electrons. The SMILES string of the molecule is Cc1cccc(NC(=O)C2CC2C(=O)Nc2ccc(F)c(Cl)c2)c1. The molecule has 1 saturated carbocycles. The van der Waals surface area contributed by atoms with Crippen LogP contribution in [0.4, 0.5) is 15.8 Å². The van der Waals surface area contributed by atoms with Gasteiger partial charge in [-0.1, -0.05) is 23.7 Å². The lowest BCUT2D eigenvalue weighted by Crippen LogP contribution is -2.20. The predicted molar refractivity (Wildman–Crippen MR) is 91.4 cm³/mol. The maximum atomic E-state index is 13.1. The van der Waals surface area contributed by atoms with Gasteiger partial charge in [-0.2, -0.15) is 0 Å². The number of halogens is 2. The largest absolute Gasteiger partial charge is 0.326 e. The monoisotopic (exact) mass is 346 g/mol. The number of hydrogen-bond donors (Lipinski definition) is 2. The Morgan fingerprint density at radius 2 is 1.67 bits per heavy atom. The van der Waals surface area contributed by atoms with Crippen molar-refractivity contribution in [3.8, 4) is 0 Å². The Bertz CT molecular complexity index is 809. The summed E-state index contributed by atoms with van der Waals surface area (Å²) in [5.74, 6) is -1.70. The van der Waals surface area contributed by atoms with E-state index in [0.717, 1.165) is 11.3 Å². The van der Waals surface area contributed by atoms with Crippen molar-refractivity contribution < 1.29 is 14.0 Å². The van der Waals surface area contributed by atoms with Crippen LogP contribution in [0.2, 0.25) is 5.02 Å². The molecule has 0 radical (unpaired) electrons. The molecule has 1 aliphatic carbocycles. The van der Waals surface area contributed by atoms with E-state index in [9.17, 15) is 14.0 Å². The molecule has 1 fully saturated rings. The van der Waals surface area contributed by atoms with Gasteiger partial charge in [0.1, 0.15) is 5.82 Å². The van der Waals surface area contributed by atoms with Gasteiger partial charge in [-0.25, -0.2) is 4.39 Å². The molecule has 2 aromatic carbocycles. The summed E-state index contributed by atoms with van der Waals surface area (Å²) < 4.78 is 13.1. The van der Waals surface area contributed by atoms with Gasteiger partial charge in [0.25, 0.3) is 0 Å². The van der Waals surface area contributed by atoms with E-state index in [1.54, 1.807) is 0 Å². The lowest BCUT2D eigenvalue weighted by Gasteiger charge is -2.07. The minimum absolute atomic E-state index is 0.0580. The molecular weight excluding hydrogens is 331 g/mol. The van der Waals surface area contributed by atoms with E-state index >= 15 is 0 Å². The number of carbonyl (C=O) groups is 2. The number of amides is 2. The van der Waals surface area contributed by atoms with Gasteiger partial charge in [0.2, 0.25) is 11.8 Å². The molecule has 0 spiro atoms. The Morgan fingerprint density at radius 3 is 2.25 bits per heavy atom. The maximum absolute atomic E-state index is 13.1. The Labute approximate surface area is 144 Å². The fraction of sp³-hybridized carbons (Fsp3) is 0.222. The van der Waals surface area contributed by atoms with Crippen molar-refractivity contribution >= 4 is 34.8 Å². The first-order valence-electron chi connectivity index (χ1n) is 7.57. The molecule has 0 bridgehead atoms. The third-order valence-corrected chi connectivity index (χ3v) is 4.23. The number of nitrogens with one attached hydrogen (secondary N) is 2. The highest BCUT2D eigenvalue weighted by Gasteiger charge is 2.48. The van der Waals surface area contributed by atoms with Crippen molar-refractivity contribution in [2.24, 2.45) is 11.8 Å². The highest BCUT2D eigenvalue weighted by atomic mass is 35.5. The van der Waals surface area contributed by atoms with Gasteiger partial charge < -0.3 is 10.6 Å². The van der Waals surface area contributed by atoms with Crippen LogP contribution < -0.4 is 10.6 Å². The van der Waals surface area contributed by atoms with E-state index in [0.29, 0.717) is 12.1 Å². The molecule has 2 aromatic rings. The first-order valence-corrected chi connectivity index (χ1v) is 7.95. The van der Waals surface area contributed by atoms with Crippen LogP contribution in [0.5, 0.6) is 0 Å². The van der Waals surface area contributed by atoms with Crippen molar-refractivity contribution in [2.45, 2.75) is 13.3 Å². The van der Waals surface area contributed by atoms with Crippen molar-refractivity contribution in [1.82, 2.24) is 0 Å². The number of aryl methyl sites for hydroxylation is 1. The molecule has 0 heterocycles. The molecule has 6 heteroatoms. The Balaban J connectivity index is 1.57. The summed E-state index contributed by atoms with van der Waals surface area (Å²) in [5.41, 5.74) is 2.18. The highest BCUT2D eigenvalue weighted by molar-refractivity contribution is 6.31. The first kappa shape index (κ1) is 16.5. The van der Waals surface area contributed by atoms with Gasteiger partial charge in [0.15, 0.2) is 0 Å². The quantitative estimate of drug-likeness (QED) is 0.879. The second kappa shape index (κ2) is 6.61. The van der Waals surface area contributed by atoms with Gasteiger partial charge in [0, 0.05) is 11.4 Å². The van der Waals surface area contributed by atoms with E-state index in [1.165, 1.54) is 18.2 Å². The van der Waals surface area contributed by atoms with E-state index in [1.807, 2.05) is 31.2 Å². The number of anilines is 2. The summed E-state index contributed by atoms with van der Waals surface area (Å²) in [4.78, 5) is 24.4. The van der Waals surface area contributed by atoms with Crippen LogP contribution in [0.3, 0.4) is 0 Å². The van der Waals surface area contributed by atoms with Crippen molar-refractivity contribution in [1.29, 1.82) is 0 Å². The number of hydrogen-bond acceptors (Lipinski definition) is 2. The van der Waals surface area contributed by atoms with Gasteiger partial charge >= 0.3 is 0 Å². The molecule has 0 aromatic heterocycles. The zero-order valence-electron chi connectivity index (χ0n) is 13.0. The smallest absolute Gasteiger partial charge is 0.228 e. The fourth-order valence-electron chi connectivity index (χ4n) is 2.54. The normalized spacial score (nSPS) is 18.8. The molecule has 4 nitrogen and oxygen atoms in total. The lowest BCUT2D eigenvalue weighted by molar-refractivity contribution is -0.122. The van der Waals surface area contributed by atoms with Crippen LogP contribution >= 0.6 is 11.6 Å². The van der Waals surface area contributed by atoms with E-state index in [4.69, 9.17) is 11.6 Å². The van der Waals surface area contributed by atoms with Crippen LogP contribution in [0.15, 0.2) is 42.5 Å². The Kier molecular flexibility index (Phi) is 4.53. The second-order valence-corrected chi connectivity index (χ2v) is 6.33. The summed E-state index contributed by atoms with van der Waals surface area (Å²) in [6.45, 7) is 1.94. The average Bonchev–Trinajstić information content (AvgIpc) is 3.32. The molecule has 2 unspecified atom stereocenters. The van der Waals surface area contributed by atoms with Gasteiger partial charge in [-0.15, -0.1) is 0 Å². The first-order chi connectivity index (χ1) is 11.4. The third-order valence-electron chi connectivity index (χ3n) is 3.94. The average molecular weight is 347 g/mol. The van der Waals surface area contributed by atoms with Gasteiger partial charge in [0.05, 0.1) is 16.9 Å². The van der Waals surface area contributed by atoms with Crippen LogP contribution in [-0.2, 0) is 9.59 Å². The van der Waals surface area contributed by atoms with Crippen molar-refractivity contribution in [2.75, 3.05) is 10.6 Å². The van der Waals surface area contributed by atoms with Crippen molar-refractivity contribution in [3.63, 3.8) is 0 Å². The molecular formula is C18H16ClFN2O2. The predicted octanol–water partition coefficient (Wildman–Crippen LogP) is 4.00. The van der Waals surface area contributed by atoms with Gasteiger partial charge in [-0.3, -0.25) is 9.59 Å². The zero-order valence-corrected chi connectivity index (χ0v) is 13.7. The summed E-state index contributed by atoms with van der Waals surface area (Å²) >= 11 is 5.68. The summed E-state index contributed by atoms with van der Waals surface area (Å²) in [6.07, 6.45) is 0.498. The summed E-state index contributed by atoms with van der Waals surface area (Å²) in [7, 11) is 0. The highest BCUT2D eigenvalue weighted by Crippen LogP contribution is 2.40. The van der Waals surface area contributed by atoms with Crippen LogP contribution in [-0.4, -0.2) is 11.8 Å². The number of benzene rings is 2. The fourth-order valence-corrected chi connectivity index (χ4v) is 2.72. The molecule has 0 saturated heterocycles. The third kappa shape index (κ3) is 3.74. The van der Waals surface area contributed by atoms with E-state index < -0.39 is 5.82 Å². The molecule has 2 atom stereocenters. The van der Waals surface area contributed by atoms with E-state index in [-0.39, 0.29) is 28.7 Å². The van der Waals surface area contributed by atoms with Gasteiger partial charge in [-0.05, 0) is 49.2 Å². The molecule has 0 aliphatic heterocycles. The van der Waals surface area contributed by atoms with Crippen molar-refractivity contribution in [3.05, 3.63) is 58.9 Å². The topological polar surface area (TPSA) is 58.2 Å². The molecule has 2 amide bonds. The molecule has 24 heavy (non-hydrogen) atoms. The Hall–Kier alpha value is -2.40. The number of carbonyl (C=O) groups excluding carboxylic acids is 2. The maximum Gasteiger partial charge on any atom is 0.228 e. The van der Waals surface area contributed by atoms with Crippen LogP contribution in [0.25, 0.3) is 0 Å². The molecule has 3 rings (SSSR count). The summed E-state index contributed by atoms with van der Waals surface area (Å²) in [5, 5.41) is 5.42. The second-order valence-electron chi connectivity index (χ2n) is 5.93.